The molecule has 1 aromatic heterocycles. The first-order chi connectivity index (χ1) is 8.28. The zero-order chi connectivity index (χ0) is 12.1. The van der Waals surface area contributed by atoms with Gasteiger partial charge in [-0.3, -0.25) is 4.68 Å². The standard InChI is InChI=1S/C13H16ClN3/c1-2-7-17-10-11(9-16-17)8-15-13-5-3-12(14)4-6-13/h3-6,9-10,15H,2,7-8H2,1H3. The van der Waals surface area contributed by atoms with Gasteiger partial charge in [-0.25, -0.2) is 0 Å². The van der Waals surface area contributed by atoms with Gasteiger partial charge in [0.05, 0.1) is 6.20 Å². The second kappa shape index (κ2) is 5.73. The molecule has 0 atom stereocenters. The lowest BCUT2D eigenvalue weighted by Gasteiger charge is -2.04. The molecule has 0 saturated carbocycles. The number of benzene rings is 1. The normalized spacial score (nSPS) is 10.5. The minimum Gasteiger partial charge on any atom is -0.381 e. The first-order valence-electron chi connectivity index (χ1n) is 5.78. The Kier molecular flexibility index (Phi) is 4.04. The van der Waals surface area contributed by atoms with E-state index in [1.807, 2.05) is 35.1 Å². The Morgan fingerprint density at radius 3 is 2.76 bits per heavy atom. The van der Waals surface area contributed by atoms with Crippen LogP contribution in [0.1, 0.15) is 18.9 Å². The molecule has 0 saturated heterocycles. The Morgan fingerprint density at radius 2 is 2.06 bits per heavy atom. The number of hydrogen-bond acceptors (Lipinski definition) is 2. The van der Waals surface area contributed by atoms with Gasteiger partial charge < -0.3 is 5.32 Å². The van der Waals surface area contributed by atoms with Gasteiger partial charge in [0, 0.05) is 35.6 Å². The highest BCUT2D eigenvalue weighted by Gasteiger charge is 1.98. The van der Waals surface area contributed by atoms with Gasteiger partial charge in [0.1, 0.15) is 0 Å². The highest BCUT2D eigenvalue weighted by atomic mass is 35.5. The molecule has 0 radical (unpaired) electrons. The predicted molar refractivity (Wildman–Crippen MR) is 71.3 cm³/mol. The maximum Gasteiger partial charge on any atom is 0.0539 e. The number of nitrogens with zero attached hydrogens (tertiary/aromatic N) is 2. The van der Waals surface area contributed by atoms with Crippen molar-refractivity contribution >= 4 is 17.3 Å². The number of rotatable bonds is 5. The van der Waals surface area contributed by atoms with Crippen LogP contribution in [0, 0.1) is 0 Å². The fourth-order valence-corrected chi connectivity index (χ4v) is 1.75. The topological polar surface area (TPSA) is 29.9 Å². The monoisotopic (exact) mass is 249 g/mol. The molecule has 2 rings (SSSR count). The van der Waals surface area contributed by atoms with E-state index in [0.717, 1.165) is 30.2 Å². The van der Waals surface area contributed by atoms with Crippen molar-refractivity contribution in [2.45, 2.75) is 26.4 Å². The van der Waals surface area contributed by atoms with E-state index < -0.39 is 0 Å². The summed E-state index contributed by atoms with van der Waals surface area (Å²) in [7, 11) is 0. The van der Waals surface area contributed by atoms with E-state index in [-0.39, 0.29) is 0 Å². The third-order valence-corrected chi connectivity index (χ3v) is 2.73. The van der Waals surface area contributed by atoms with Gasteiger partial charge in [0.15, 0.2) is 0 Å². The lowest BCUT2D eigenvalue weighted by molar-refractivity contribution is 0.602. The zero-order valence-electron chi connectivity index (χ0n) is 9.86. The third kappa shape index (κ3) is 3.49. The number of nitrogens with one attached hydrogen (secondary N) is 1. The van der Waals surface area contributed by atoms with Crippen LogP contribution in [-0.4, -0.2) is 9.78 Å². The lowest BCUT2D eigenvalue weighted by Crippen LogP contribution is -1.99. The SMILES string of the molecule is CCCn1cc(CNc2ccc(Cl)cc2)cn1. The molecule has 0 spiro atoms. The van der Waals surface area contributed by atoms with E-state index in [9.17, 15) is 0 Å². The molecule has 0 bridgehead atoms. The Labute approximate surface area is 106 Å². The summed E-state index contributed by atoms with van der Waals surface area (Å²) in [5.41, 5.74) is 2.26. The van der Waals surface area contributed by atoms with Crippen molar-refractivity contribution < 1.29 is 0 Å². The summed E-state index contributed by atoms with van der Waals surface area (Å²) in [6, 6.07) is 7.70. The van der Waals surface area contributed by atoms with Crippen molar-refractivity contribution in [1.29, 1.82) is 0 Å². The largest absolute Gasteiger partial charge is 0.381 e. The van der Waals surface area contributed by atoms with Gasteiger partial charge in [-0.1, -0.05) is 18.5 Å². The molecule has 0 aliphatic rings. The molecule has 90 valence electrons. The van der Waals surface area contributed by atoms with Crippen LogP contribution in [0.3, 0.4) is 0 Å². The van der Waals surface area contributed by atoms with Crippen LogP contribution in [0.2, 0.25) is 5.02 Å². The van der Waals surface area contributed by atoms with Crippen LogP contribution in [0.5, 0.6) is 0 Å². The molecule has 0 amide bonds. The maximum atomic E-state index is 5.83. The second-order valence-electron chi connectivity index (χ2n) is 3.97. The van der Waals surface area contributed by atoms with Crippen LogP contribution in [0.4, 0.5) is 5.69 Å². The van der Waals surface area contributed by atoms with Crippen molar-refractivity contribution in [2.24, 2.45) is 0 Å². The van der Waals surface area contributed by atoms with Crippen LogP contribution in [0.15, 0.2) is 36.7 Å². The van der Waals surface area contributed by atoms with Gasteiger partial charge >= 0.3 is 0 Å². The summed E-state index contributed by atoms with van der Waals surface area (Å²) in [4.78, 5) is 0. The summed E-state index contributed by atoms with van der Waals surface area (Å²) >= 11 is 5.83. The summed E-state index contributed by atoms with van der Waals surface area (Å²) in [6.07, 6.45) is 5.08. The number of halogens is 1. The molecule has 3 nitrogen and oxygen atoms in total. The quantitative estimate of drug-likeness (QED) is 0.878. The fourth-order valence-electron chi connectivity index (χ4n) is 1.62. The van der Waals surface area contributed by atoms with E-state index in [0.29, 0.717) is 0 Å². The van der Waals surface area contributed by atoms with Crippen molar-refractivity contribution in [2.75, 3.05) is 5.32 Å². The molecular weight excluding hydrogens is 234 g/mol. The molecular formula is C13H16ClN3. The van der Waals surface area contributed by atoms with Crippen LogP contribution >= 0.6 is 11.6 Å². The Bertz CT molecular complexity index is 462. The van der Waals surface area contributed by atoms with Crippen LogP contribution < -0.4 is 5.32 Å². The molecule has 1 aromatic carbocycles. The van der Waals surface area contributed by atoms with E-state index in [1.165, 1.54) is 5.56 Å². The molecule has 2 aromatic rings. The van der Waals surface area contributed by atoms with E-state index in [4.69, 9.17) is 11.6 Å². The molecule has 17 heavy (non-hydrogen) atoms. The molecule has 0 aliphatic heterocycles. The van der Waals surface area contributed by atoms with Crippen LogP contribution in [0.25, 0.3) is 0 Å². The van der Waals surface area contributed by atoms with Gasteiger partial charge in [-0.2, -0.15) is 5.10 Å². The molecule has 0 fully saturated rings. The average Bonchev–Trinajstić information content (AvgIpc) is 2.77. The van der Waals surface area contributed by atoms with Gasteiger partial charge in [-0.15, -0.1) is 0 Å². The maximum absolute atomic E-state index is 5.83. The molecule has 4 heteroatoms. The van der Waals surface area contributed by atoms with Gasteiger partial charge in [0.25, 0.3) is 0 Å². The van der Waals surface area contributed by atoms with E-state index in [1.54, 1.807) is 0 Å². The Morgan fingerprint density at radius 1 is 1.29 bits per heavy atom. The van der Waals surface area contributed by atoms with Gasteiger partial charge in [-0.05, 0) is 30.7 Å². The van der Waals surface area contributed by atoms with E-state index >= 15 is 0 Å². The highest BCUT2D eigenvalue weighted by Crippen LogP contribution is 2.14. The number of aryl methyl sites for hydroxylation is 1. The first-order valence-corrected chi connectivity index (χ1v) is 6.16. The van der Waals surface area contributed by atoms with Crippen molar-refractivity contribution in [3.05, 3.63) is 47.2 Å². The minimum absolute atomic E-state index is 0.756. The van der Waals surface area contributed by atoms with E-state index in [2.05, 4.69) is 23.5 Å². The summed E-state index contributed by atoms with van der Waals surface area (Å²) in [5.74, 6) is 0. The smallest absolute Gasteiger partial charge is 0.0539 e. The Balaban J connectivity index is 1.90. The second-order valence-corrected chi connectivity index (χ2v) is 4.41. The van der Waals surface area contributed by atoms with Crippen LogP contribution in [-0.2, 0) is 13.1 Å². The summed E-state index contributed by atoms with van der Waals surface area (Å²) < 4.78 is 1.97. The number of anilines is 1. The first kappa shape index (κ1) is 12.0. The number of aromatic nitrogens is 2. The number of hydrogen-bond donors (Lipinski definition) is 1. The molecule has 1 heterocycles. The summed E-state index contributed by atoms with van der Waals surface area (Å²) in [5, 5.41) is 8.38. The van der Waals surface area contributed by atoms with Crippen molar-refractivity contribution in [1.82, 2.24) is 9.78 Å². The van der Waals surface area contributed by atoms with Gasteiger partial charge in [0.2, 0.25) is 0 Å². The average molecular weight is 250 g/mol. The molecule has 0 aliphatic carbocycles. The minimum atomic E-state index is 0.756. The summed E-state index contributed by atoms with van der Waals surface area (Å²) in [6.45, 7) is 3.90. The predicted octanol–water partition coefficient (Wildman–Crippen LogP) is 3.56. The fraction of sp³-hybridized carbons (Fsp3) is 0.308. The third-order valence-electron chi connectivity index (χ3n) is 2.48. The zero-order valence-corrected chi connectivity index (χ0v) is 10.6. The van der Waals surface area contributed by atoms with Crippen molar-refractivity contribution in [3.8, 4) is 0 Å². The highest BCUT2D eigenvalue weighted by molar-refractivity contribution is 6.30. The molecule has 1 N–H and O–H groups in total. The molecule has 0 unspecified atom stereocenters. The Hall–Kier alpha value is -1.48. The van der Waals surface area contributed by atoms with Crippen molar-refractivity contribution in [3.63, 3.8) is 0 Å². The lowest BCUT2D eigenvalue weighted by atomic mass is 10.3.